The Hall–Kier alpha value is -4.89. The monoisotopic (exact) mass is 697 g/mol. The summed E-state index contributed by atoms with van der Waals surface area (Å²) >= 11 is 0. The van der Waals surface area contributed by atoms with Crippen molar-refractivity contribution in [2.75, 3.05) is 82.6 Å². The highest BCUT2D eigenvalue weighted by molar-refractivity contribution is 7.92. The topological polar surface area (TPSA) is 176 Å². The van der Waals surface area contributed by atoms with Gasteiger partial charge in [0.15, 0.2) is 35.6 Å². The van der Waals surface area contributed by atoms with Gasteiger partial charge < -0.3 is 33.3 Å². The van der Waals surface area contributed by atoms with Crippen LogP contribution in [0, 0.1) is 11.8 Å². The first-order valence-corrected chi connectivity index (χ1v) is 17.1. The first kappa shape index (κ1) is 35.4. The molecule has 4 heterocycles. The molecule has 2 aliphatic heterocycles. The molecule has 262 valence electrons. The third-order valence-corrected chi connectivity index (χ3v) is 8.53. The first-order chi connectivity index (χ1) is 23.7. The van der Waals surface area contributed by atoms with E-state index in [1.807, 2.05) is 18.7 Å². The molecule has 2 fully saturated rings. The van der Waals surface area contributed by atoms with Crippen LogP contribution >= 0.6 is 0 Å². The van der Waals surface area contributed by atoms with Crippen molar-refractivity contribution in [1.29, 1.82) is 0 Å². The number of sulfonamides is 1. The van der Waals surface area contributed by atoms with Crippen LogP contribution < -0.4 is 29.3 Å². The second-order valence-electron chi connectivity index (χ2n) is 11.0. The maximum atomic E-state index is 13.7. The predicted octanol–water partition coefficient (Wildman–Crippen LogP) is 2.79. The van der Waals surface area contributed by atoms with E-state index in [2.05, 4.69) is 36.9 Å². The summed E-state index contributed by atoms with van der Waals surface area (Å²) in [6.07, 6.45) is 0.884. The van der Waals surface area contributed by atoms with E-state index in [1.165, 1.54) is 19.4 Å². The van der Waals surface area contributed by atoms with Gasteiger partial charge in [0, 0.05) is 32.4 Å². The third-order valence-electron chi connectivity index (χ3n) is 7.27. The minimum Gasteiger partial charge on any atom is -0.493 e. The van der Waals surface area contributed by atoms with Crippen LogP contribution in [0.15, 0.2) is 47.6 Å². The SMILES string of the molecule is COc1ccccc1Oc1c(NS(=O)(=O)c2ccc(C(C)C)cn2)nc(N2CCOCC2)nc1OCC#CCOC(=O)NN1CCOCC1. The number of anilines is 2. The number of nitrogens with one attached hydrogen (secondary N) is 2. The van der Waals surface area contributed by atoms with Crippen molar-refractivity contribution in [1.82, 2.24) is 25.4 Å². The van der Waals surface area contributed by atoms with Crippen LogP contribution in [0.25, 0.3) is 0 Å². The molecule has 2 saturated heterocycles. The van der Waals surface area contributed by atoms with E-state index in [0.717, 1.165) is 5.56 Å². The average molecular weight is 698 g/mol. The molecule has 49 heavy (non-hydrogen) atoms. The van der Waals surface area contributed by atoms with Crippen LogP contribution in [-0.2, 0) is 24.2 Å². The number of morpholine rings is 2. The zero-order valence-electron chi connectivity index (χ0n) is 27.5. The van der Waals surface area contributed by atoms with E-state index in [0.29, 0.717) is 58.4 Å². The van der Waals surface area contributed by atoms with Crippen molar-refractivity contribution >= 4 is 27.9 Å². The van der Waals surface area contributed by atoms with Crippen molar-refractivity contribution in [3.63, 3.8) is 0 Å². The summed E-state index contributed by atoms with van der Waals surface area (Å²) in [6.45, 7) is 7.48. The van der Waals surface area contributed by atoms with Gasteiger partial charge in [0.05, 0.1) is 33.5 Å². The van der Waals surface area contributed by atoms with Crippen LogP contribution in [0.3, 0.4) is 0 Å². The van der Waals surface area contributed by atoms with Gasteiger partial charge in [-0.15, -0.1) is 0 Å². The van der Waals surface area contributed by atoms with Crippen LogP contribution in [0.1, 0.15) is 25.3 Å². The summed E-state index contributed by atoms with van der Waals surface area (Å²) in [6, 6.07) is 9.95. The Morgan fingerprint density at radius 3 is 2.33 bits per heavy atom. The molecule has 3 aromatic rings. The Kier molecular flexibility index (Phi) is 12.3. The maximum absolute atomic E-state index is 13.7. The number of carbonyl (C=O) groups is 1. The molecule has 2 N–H and O–H groups in total. The van der Waals surface area contributed by atoms with Crippen molar-refractivity contribution in [2.45, 2.75) is 24.8 Å². The highest BCUT2D eigenvalue weighted by atomic mass is 32.2. The minimum absolute atomic E-state index is 0.0940. The van der Waals surface area contributed by atoms with Gasteiger partial charge >= 0.3 is 6.09 Å². The van der Waals surface area contributed by atoms with E-state index in [9.17, 15) is 13.2 Å². The largest absolute Gasteiger partial charge is 0.493 e. The van der Waals surface area contributed by atoms with Crippen LogP contribution in [0.5, 0.6) is 23.1 Å². The number of hydrazine groups is 1. The lowest BCUT2D eigenvalue weighted by molar-refractivity contribution is 0.0113. The van der Waals surface area contributed by atoms with Gasteiger partial charge in [0.25, 0.3) is 15.9 Å². The minimum atomic E-state index is -4.26. The summed E-state index contributed by atoms with van der Waals surface area (Å²) < 4.78 is 63.4. The van der Waals surface area contributed by atoms with Crippen molar-refractivity contribution < 1.29 is 41.6 Å². The Labute approximate surface area is 285 Å². The lowest BCUT2D eigenvalue weighted by atomic mass is 10.1. The second kappa shape index (κ2) is 17.0. The lowest BCUT2D eigenvalue weighted by Gasteiger charge is -2.28. The fourth-order valence-electron chi connectivity index (χ4n) is 4.61. The molecule has 0 bridgehead atoms. The van der Waals surface area contributed by atoms with E-state index in [4.69, 9.17) is 28.4 Å². The summed E-state index contributed by atoms with van der Waals surface area (Å²) in [7, 11) is -2.78. The molecular weight excluding hydrogens is 658 g/mol. The molecular formula is C32H39N7O9S. The second-order valence-corrected chi connectivity index (χ2v) is 12.6. The number of aromatic nitrogens is 3. The molecule has 5 rings (SSSR count). The average Bonchev–Trinajstić information content (AvgIpc) is 3.11. The molecule has 0 aliphatic carbocycles. The molecule has 0 spiro atoms. The van der Waals surface area contributed by atoms with Gasteiger partial charge in [0.2, 0.25) is 11.7 Å². The summed E-state index contributed by atoms with van der Waals surface area (Å²) in [5, 5.41) is 1.49. The molecule has 2 aliphatic rings. The number of hydrogen-bond donors (Lipinski definition) is 2. The zero-order valence-corrected chi connectivity index (χ0v) is 28.3. The molecule has 0 saturated carbocycles. The molecule has 17 heteroatoms. The Morgan fingerprint density at radius 2 is 1.65 bits per heavy atom. The highest BCUT2D eigenvalue weighted by Gasteiger charge is 2.27. The number of para-hydroxylation sites is 2. The number of methoxy groups -OCH3 is 1. The van der Waals surface area contributed by atoms with Crippen molar-refractivity contribution in [3.8, 4) is 35.0 Å². The molecule has 16 nitrogen and oxygen atoms in total. The number of ether oxygens (including phenoxy) is 6. The standard InChI is InChI=1S/C32H39N7O9S/c1-23(2)24-10-11-27(33-22-24)49(41,42)37-29-28(48-26-9-5-4-8-25(26)43-3)30(35-31(34-29)38-12-18-44-19-13-38)46-16-6-7-17-47-32(40)36-39-14-20-45-21-15-39/h4-5,8-11,22-23H,12-21H2,1-3H3,(H,36,40)(H,34,35,37). The Bertz CT molecular complexity index is 1740. The first-order valence-electron chi connectivity index (χ1n) is 15.6. The van der Waals surface area contributed by atoms with Gasteiger partial charge in [0.1, 0.15) is 0 Å². The highest BCUT2D eigenvalue weighted by Crippen LogP contribution is 2.41. The molecule has 2 aromatic heterocycles. The van der Waals surface area contributed by atoms with Gasteiger partial charge in [-0.1, -0.05) is 43.9 Å². The Morgan fingerprint density at radius 1 is 0.959 bits per heavy atom. The van der Waals surface area contributed by atoms with Gasteiger partial charge in [-0.2, -0.15) is 18.4 Å². The number of benzene rings is 1. The predicted molar refractivity (Wildman–Crippen MR) is 177 cm³/mol. The van der Waals surface area contributed by atoms with E-state index in [1.54, 1.807) is 35.3 Å². The van der Waals surface area contributed by atoms with E-state index in [-0.39, 0.29) is 53.3 Å². The normalized spacial score (nSPS) is 15.1. The maximum Gasteiger partial charge on any atom is 0.422 e. The third kappa shape index (κ3) is 9.83. The number of amides is 1. The van der Waals surface area contributed by atoms with E-state index < -0.39 is 16.1 Å². The van der Waals surface area contributed by atoms with Crippen LogP contribution in [-0.4, -0.2) is 107 Å². The molecule has 1 aromatic carbocycles. The van der Waals surface area contributed by atoms with Crippen molar-refractivity contribution in [3.05, 3.63) is 48.2 Å². The smallest absolute Gasteiger partial charge is 0.422 e. The molecule has 1 amide bonds. The lowest BCUT2D eigenvalue weighted by Crippen LogP contribution is -2.48. The molecule has 0 atom stereocenters. The van der Waals surface area contributed by atoms with Crippen LogP contribution in [0.4, 0.5) is 16.6 Å². The number of carbonyl (C=O) groups excluding carboxylic acids is 1. The van der Waals surface area contributed by atoms with Gasteiger partial charge in [-0.05, 0) is 29.7 Å². The number of pyridine rings is 1. The fourth-order valence-corrected chi connectivity index (χ4v) is 5.55. The number of nitrogens with zero attached hydrogens (tertiary/aromatic N) is 5. The summed E-state index contributed by atoms with van der Waals surface area (Å²) in [4.78, 5) is 27.3. The Balaban J connectivity index is 1.43. The van der Waals surface area contributed by atoms with Crippen molar-refractivity contribution in [2.24, 2.45) is 0 Å². The quantitative estimate of drug-likeness (QED) is 0.264. The fraction of sp³-hybridized carbons (Fsp3) is 0.438. The summed E-state index contributed by atoms with van der Waals surface area (Å²) in [5.41, 5.74) is 3.52. The summed E-state index contributed by atoms with van der Waals surface area (Å²) in [5.74, 6) is 6.06. The van der Waals surface area contributed by atoms with Gasteiger partial charge in [-0.3, -0.25) is 10.1 Å². The van der Waals surface area contributed by atoms with Crippen LogP contribution in [0.2, 0.25) is 0 Å². The number of rotatable bonds is 12. The zero-order chi connectivity index (χ0) is 34.6. The van der Waals surface area contributed by atoms with Gasteiger partial charge in [-0.25, -0.2) is 14.8 Å². The molecule has 0 unspecified atom stereocenters. The van der Waals surface area contributed by atoms with E-state index >= 15 is 0 Å². The number of hydrogen-bond acceptors (Lipinski definition) is 14. The molecule has 0 radical (unpaired) electrons.